The van der Waals surface area contributed by atoms with Crippen LogP contribution in [0, 0.1) is 18.6 Å². The van der Waals surface area contributed by atoms with Crippen molar-refractivity contribution in [1.82, 2.24) is 13.8 Å². The number of benzene rings is 3. The van der Waals surface area contributed by atoms with Crippen molar-refractivity contribution in [3.8, 4) is 22.7 Å². The lowest BCUT2D eigenvalue weighted by molar-refractivity contribution is 0.0697. The number of rotatable bonds is 6. The fourth-order valence-corrected chi connectivity index (χ4v) is 6.77. The second kappa shape index (κ2) is 11.6. The zero-order valence-corrected chi connectivity index (χ0v) is 25.7. The third-order valence-corrected chi connectivity index (χ3v) is 9.81. The highest BCUT2D eigenvalue weighted by molar-refractivity contribution is 7.89. The maximum Gasteiger partial charge on any atom is 0.255 e. The lowest BCUT2D eigenvalue weighted by Crippen LogP contribution is -2.50. The minimum absolute atomic E-state index is 0.0962. The second-order valence-electron chi connectivity index (χ2n) is 11.7. The molecule has 1 amide bonds. The van der Waals surface area contributed by atoms with Gasteiger partial charge in [-0.05, 0) is 78.1 Å². The molecule has 0 atom stereocenters. The highest BCUT2D eigenvalue weighted by Gasteiger charge is 2.32. The van der Waals surface area contributed by atoms with E-state index in [1.54, 1.807) is 66.0 Å². The van der Waals surface area contributed by atoms with E-state index in [-0.39, 0.29) is 48.1 Å². The van der Waals surface area contributed by atoms with Crippen LogP contribution < -0.4 is 4.74 Å². The second-order valence-corrected chi connectivity index (χ2v) is 13.6. The number of amides is 1. The average Bonchev–Trinajstić information content (AvgIpc) is 3.33. The fourth-order valence-electron chi connectivity index (χ4n) is 5.35. The van der Waals surface area contributed by atoms with Crippen LogP contribution in [-0.2, 0) is 15.4 Å². The van der Waals surface area contributed by atoms with Crippen LogP contribution in [0.4, 0.5) is 8.78 Å². The molecule has 5 rings (SSSR count). The van der Waals surface area contributed by atoms with E-state index in [1.165, 1.54) is 16.4 Å². The molecule has 1 fully saturated rings. The van der Waals surface area contributed by atoms with Crippen LogP contribution in [0.1, 0.15) is 42.4 Å². The molecule has 0 saturated carbocycles. The summed E-state index contributed by atoms with van der Waals surface area (Å²) in [5.74, 6) is -1.12. The molecule has 0 unspecified atom stereocenters. The highest BCUT2D eigenvalue weighted by atomic mass is 32.2. The molecule has 7 nitrogen and oxygen atoms in total. The summed E-state index contributed by atoms with van der Waals surface area (Å²) in [5.41, 5.74) is 3.14. The Morgan fingerprint density at radius 3 is 2.05 bits per heavy atom. The summed E-state index contributed by atoms with van der Waals surface area (Å²) in [6, 6.07) is 19.1. The van der Waals surface area contributed by atoms with Crippen molar-refractivity contribution in [1.29, 1.82) is 0 Å². The summed E-state index contributed by atoms with van der Waals surface area (Å²) >= 11 is 0. The molecule has 10 heteroatoms. The summed E-state index contributed by atoms with van der Waals surface area (Å²) < 4.78 is 63.8. The Balaban J connectivity index is 1.42. The van der Waals surface area contributed by atoms with Crippen molar-refractivity contribution in [3.05, 3.63) is 101 Å². The highest BCUT2D eigenvalue weighted by Crippen LogP contribution is 2.33. The molecule has 1 saturated heterocycles. The van der Waals surface area contributed by atoms with Gasteiger partial charge < -0.3 is 14.2 Å². The molecule has 226 valence electrons. The molecule has 0 bridgehead atoms. The molecular formula is C33H35F2N3O4S. The number of methoxy groups -OCH3 is 1. The first kappa shape index (κ1) is 30.4. The summed E-state index contributed by atoms with van der Waals surface area (Å²) in [7, 11) is -2.17. The average molecular weight is 608 g/mol. The largest absolute Gasteiger partial charge is 0.497 e. The summed E-state index contributed by atoms with van der Waals surface area (Å²) in [6.45, 7) is 8.61. The maximum atomic E-state index is 15.0. The smallest absolute Gasteiger partial charge is 0.255 e. The Hall–Kier alpha value is -4.02. The Bertz CT molecular complexity index is 1750. The number of hydrogen-bond donors (Lipinski definition) is 0. The van der Waals surface area contributed by atoms with Gasteiger partial charge in [0.15, 0.2) is 0 Å². The van der Waals surface area contributed by atoms with Crippen LogP contribution in [0.2, 0.25) is 0 Å². The van der Waals surface area contributed by atoms with E-state index in [9.17, 15) is 17.6 Å². The topological polar surface area (TPSA) is 71.8 Å². The molecule has 1 aliphatic rings. The number of piperazine rings is 1. The van der Waals surface area contributed by atoms with Crippen LogP contribution in [-0.4, -0.2) is 61.4 Å². The number of sulfonamides is 1. The molecule has 43 heavy (non-hydrogen) atoms. The van der Waals surface area contributed by atoms with Crippen LogP contribution >= 0.6 is 0 Å². The summed E-state index contributed by atoms with van der Waals surface area (Å²) in [6.07, 6.45) is 0. The van der Waals surface area contributed by atoms with Gasteiger partial charge >= 0.3 is 0 Å². The number of halogens is 2. The maximum absolute atomic E-state index is 15.0. The van der Waals surface area contributed by atoms with Crippen LogP contribution in [0.5, 0.6) is 5.75 Å². The van der Waals surface area contributed by atoms with Crippen LogP contribution in [0.3, 0.4) is 0 Å². The number of carbonyl (C=O) groups is 1. The summed E-state index contributed by atoms with van der Waals surface area (Å²) in [5, 5.41) is 0. The monoisotopic (exact) mass is 607 g/mol. The molecular weight excluding hydrogens is 572 g/mol. The fraction of sp³-hybridized carbons (Fsp3) is 0.303. The molecule has 2 heterocycles. The van der Waals surface area contributed by atoms with Gasteiger partial charge in [-0.1, -0.05) is 32.9 Å². The van der Waals surface area contributed by atoms with E-state index in [0.717, 1.165) is 11.6 Å². The minimum atomic E-state index is -3.73. The standard InChI is InChI=1S/C33H35F2N3O4S/c1-22-28(21-31(23-6-11-26(42-5)12-7-23)38(22)30-15-10-25(34)20-29(30)35)32(39)36-16-18-37(19-17-36)43(40,41)27-13-8-24(9-14-27)33(2,3)4/h6-15,20-21H,16-19H2,1-5H3. The van der Waals surface area contributed by atoms with Gasteiger partial charge in [0, 0.05) is 37.9 Å². The Morgan fingerprint density at radius 1 is 0.860 bits per heavy atom. The lowest BCUT2D eigenvalue weighted by Gasteiger charge is -2.34. The first-order valence-electron chi connectivity index (χ1n) is 14.0. The van der Waals surface area contributed by atoms with Gasteiger partial charge in [0.1, 0.15) is 17.4 Å². The van der Waals surface area contributed by atoms with Crippen molar-refractivity contribution in [2.45, 2.75) is 38.0 Å². The van der Waals surface area contributed by atoms with E-state index < -0.39 is 21.7 Å². The molecule has 3 aromatic carbocycles. The molecule has 1 aliphatic heterocycles. The SMILES string of the molecule is COc1ccc(-c2cc(C(=O)N3CCN(S(=O)(=O)c4ccc(C(C)(C)C)cc4)CC3)c(C)n2-c2ccc(F)cc2F)cc1. The minimum Gasteiger partial charge on any atom is -0.497 e. The first-order chi connectivity index (χ1) is 20.3. The summed E-state index contributed by atoms with van der Waals surface area (Å²) in [4.78, 5) is 15.6. The van der Waals surface area contributed by atoms with Gasteiger partial charge in [-0.3, -0.25) is 4.79 Å². The molecule has 0 N–H and O–H groups in total. The van der Waals surface area contributed by atoms with E-state index in [0.29, 0.717) is 28.3 Å². The van der Waals surface area contributed by atoms with Crippen LogP contribution in [0.25, 0.3) is 16.9 Å². The van der Waals surface area contributed by atoms with Crippen LogP contribution in [0.15, 0.2) is 77.7 Å². The van der Waals surface area contributed by atoms with Crippen molar-refractivity contribution >= 4 is 15.9 Å². The zero-order valence-electron chi connectivity index (χ0n) is 24.9. The zero-order chi connectivity index (χ0) is 31.1. The number of aromatic nitrogens is 1. The van der Waals surface area contributed by atoms with Crippen molar-refractivity contribution < 1.29 is 26.7 Å². The van der Waals surface area contributed by atoms with Gasteiger partial charge in [0.2, 0.25) is 10.0 Å². The van der Waals surface area contributed by atoms with Gasteiger partial charge in [-0.2, -0.15) is 4.31 Å². The Labute approximate surface area is 251 Å². The third-order valence-electron chi connectivity index (χ3n) is 7.90. The predicted octanol–water partition coefficient (Wildman–Crippen LogP) is 6.18. The molecule has 0 radical (unpaired) electrons. The van der Waals surface area contributed by atoms with E-state index in [2.05, 4.69) is 20.8 Å². The quantitative estimate of drug-likeness (QED) is 0.262. The molecule has 0 aliphatic carbocycles. The number of carbonyl (C=O) groups excluding carboxylic acids is 1. The lowest BCUT2D eigenvalue weighted by atomic mass is 9.87. The molecule has 1 aromatic heterocycles. The Morgan fingerprint density at radius 2 is 1.49 bits per heavy atom. The number of nitrogens with zero attached hydrogens (tertiary/aromatic N) is 3. The van der Waals surface area contributed by atoms with Gasteiger partial charge in [-0.25, -0.2) is 17.2 Å². The molecule has 4 aromatic rings. The number of ether oxygens (including phenoxy) is 1. The van der Waals surface area contributed by atoms with Crippen molar-refractivity contribution in [2.24, 2.45) is 0 Å². The predicted molar refractivity (Wildman–Crippen MR) is 162 cm³/mol. The number of hydrogen-bond acceptors (Lipinski definition) is 4. The van der Waals surface area contributed by atoms with Gasteiger partial charge in [-0.15, -0.1) is 0 Å². The third kappa shape index (κ3) is 5.94. The van der Waals surface area contributed by atoms with Gasteiger partial charge in [0.25, 0.3) is 5.91 Å². The van der Waals surface area contributed by atoms with Crippen molar-refractivity contribution in [2.75, 3.05) is 33.3 Å². The van der Waals surface area contributed by atoms with Crippen molar-refractivity contribution in [3.63, 3.8) is 0 Å². The van der Waals surface area contributed by atoms with E-state index in [1.807, 2.05) is 12.1 Å². The van der Waals surface area contributed by atoms with E-state index in [4.69, 9.17) is 4.74 Å². The normalized spacial score (nSPS) is 14.6. The Kier molecular flexibility index (Phi) is 8.20. The van der Waals surface area contributed by atoms with Gasteiger partial charge in [0.05, 0.1) is 29.0 Å². The first-order valence-corrected chi connectivity index (χ1v) is 15.5. The van der Waals surface area contributed by atoms with E-state index >= 15 is 4.39 Å². The molecule has 0 spiro atoms.